The number of para-hydroxylation sites is 2. The van der Waals surface area contributed by atoms with E-state index in [2.05, 4.69) is 0 Å². The van der Waals surface area contributed by atoms with Crippen molar-refractivity contribution in [1.82, 2.24) is 9.13 Å². The molecule has 8 aromatic rings. The summed E-state index contributed by atoms with van der Waals surface area (Å²) in [6.07, 6.45) is -4.95. The summed E-state index contributed by atoms with van der Waals surface area (Å²) in [5, 5.41) is 2.89. The minimum absolute atomic E-state index is 0.116. The van der Waals surface area contributed by atoms with Crippen molar-refractivity contribution in [3.63, 3.8) is 0 Å². The van der Waals surface area contributed by atoms with E-state index in [0.717, 1.165) is 38.7 Å². The van der Waals surface area contributed by atoms with Gasteiger partial charge in [0.2, 0.25) is 0 Å². The van der Waals surface area contributed by atoms with Crippen LogP contribution in [0.15, 0.2) is 109 Å². The van der Waals surface area contributed by atoms with Gasteiger partial charge in [-0.25, -0.2) is 13.2 Å². The highest BCUT2D eigenvalue weighted by atomic mass is 19.4. The van der Waals surface area contributed by atoms with Crippen LogP contribution in [0, 0.1) is 17.5 Å². The van der Waals surface area contributed by atoms with Crippen molar-refractivity contribution in [2.75, 3.05) is 0 Å². The molecule has 53 heavy (non-hydrogen) atoms. The lowest BCUT2D eigenvalue weighted by atomic mass is 9.86. The highest BCUT2D eigenvalue weighted by Gasteiger charge is 2.40. The highest BCUT2D eigenvalue weighted by Crippen LogP contribution is 2.47. The SMILES string of the molecule is CC(C)(C)c1ccc2c3ccccc3n(-c3cc(-c4cc(F)cc(F)c4F)cc(-n4c5ccccc5c5ccc(C(C)(C)C)cc54)c3C(F)(F)F)c2c1. The second-order valence-corrected chi connectivity index (χ2v) is 15.8. The second kappa shape index (κ2) is 11.8. The first-order valence-electron chi connectivity index (χ1n) is 17.4. The van der Waals surface area contributed by atoms with Crippen LogP contribution >= 0.6 is 0 Å². The van der Waals surface area contributed by atoms with Gasteiger partial charge < -0.3 is 9.13 Å². The molecule has 0 aliphatic carbocycles. The Hall–Kier alpha value is -5.50. The zero-order valence-electron chi connectivity index (χ0n) is 30.1. The fraction of sp³-hybridized carbons (Fsp3) is 0.200. The molecular formula is C45H36F6N2. The van der Waals surface area contributed by atoms with Crippen LogP contribution in [0.25, 0.3) is 66.1 Å². The van der Waals surface area contributed by atoms with E-state index >= 15 is 17.6 Å². The fourth-order valence-corrected chi connectivity index (χ4v) is 7.57. The van der Waals surface area contributed by atoms with Crippen LogP contribution < -0.4 is 0 Å². The zero-order chi connectivity index (χ0) is 37.8. The molecule has 0 saturated carbocycles. The standard InChI is InChI=1S/C45H36F6N2/c1-43(2,3)26-15-17-31-29-11-7-9-13-35(29)52(37(31)21-26)39-19-25(33-23-28(46)24-34(47)42(33)48)20-40(41(39)45(49,50)51)53-36-14-10-8-12-30(36)32-18-16-27(22-38(32)53)44(4,5)6/h7-24H,1-6H3. The van der Waals surface area contributed by atoms with Crippen molar-refractivity contribution in [2.45, 2.75) is 58.5 Å². The van der Waals surface area contributed by atoms with E-state index in [1.807, 2.05) is 102 Å². The van der Waals surface area contributed by atoms with Gasteiger partial charge in [-0.15, -0.1) is 0 Å². The first kappa shape index (κ1) is 34.6. The predicted molar refractivity (Wildman–Crippen MR) is 203 cm³/mol. The summed E-state index contributed by atoms with van der Waals surface area (Å²) < 4.78 is 97.1. The van der Waals surface area contributed by atoms with Gasteiger partial charge in [0, 0.05) is 33.2 Å². The van der Waals surface area contributed by atoms with Gasteiger partial charge in [0.05, 0.1) is 33.4 Å². The van der Waals surface area contributed by atoms with E-state index in [1.165, 1.54) is 12.1 Å². The molecule has 0 aliphatic rings. The molecule has 0 radical (unpaired) electrons. The average molecular weight is 719 g/mol. The van der Waals surface area contributed by atoms with E-state index in [4.69, 9.17) is 0 Å². The molecule has 0 N–H and O–H groups in total. The molecule has 0 atom stereocenters. The fourth-order valence-electron chi connectivity index (χ4n) is 7.57. The van der Waals surface area contributed by atoms with E-state index in [0.29, 0.717) is 28.1 Å². The van der Waals surface area contributed by atoms with E-state index in [-0.39, 0.29) is 27.8 Å². The van der Waals surface area contributed by atoms with Crippen molar-refractivity contribution in [2.24, 2.45) is 0 Å². The Morgan fingerprint density at radius 1 is 0.472 bits per heavy atom. The molecule has 8 rings (SSSR count). The molecule has 268 valence electrons. The van der Waals surface area contributed by atoms with Crippen molar-refractivity contribution in [3.8, 4) is 22.5 Å². The summed E-state index contributed by atoms with van der Waals surface area (Å²) in [5.41, 5.74) is 0.918. The molecule has 0 bridgehead atoms. The third-order valence-electron chi connectivity index (χ3n) is 10.2. The normalized spacial score (nSPS) is 12.9. The number of hydrogen-bond donors (Lipinski definition) is 0. The Morgan fingerprint density at radius 2 is 0.906 bits per heavy atom. The quantitative estimate of drug-likeness (QED) is 0.127. The van der Waals surface area contributed by atoms with Crippen LogP contribution in [0.3, 0.4) is 0 Å². The van der Waals surface area contributed by atoms with Gasteiger partial charge in [-0.3, -0.25) is 0 Å². The maximum absolute atomic E-state index is 16.2. The molecule has 0 unspecified atom stereocenters. The van der Waals surface area contributed by atoms with Crippen LogP contribution in [0.2, 0.25) is 0 Å². The third-order valence-corrected chi connectivity index (χ3v) is 10.2. The zero-order valence-corrected chi connectivity index (χ0v) is 30.1. The lowest BCUT2D eigenvalue weighted by molar-refractivity contribution is -0.137. The van der Waals surface area contributed by atoms with Crippen molar-refractivity contribution in [3.05, 3.63) is 143 Å². The van der Waals surface area contributed by atoms with Gasteiger partial charge >= 0.3 is 6.18 Å². The third kappa shape index (κ3) is 5.58. The lowest BCUT2D eigenvalue weighted by Gasteiger charge is -2.24. The van der Waals surface area contributed by atoms with Crippen molar-refractivity contribution in [1.29, 1.82) is 0 Å². The first-order valence-corrected chi connectivity index (χ1v) is 17.4. The van der Waals surface area contributed by atoms with Crippen molar-refractivity contribution < 1.29 is 26.3 Å². The van der Waals surface area contributed by atoms with Gasteiger partial charge in [0.1, 0.15) is 11.4 Å². The lowest BCUT2D eigenvalue weighted by Crippen LogP contribution is -2.17. The van der Waals surface area contributed by atoms with Gasteiger partial charge in [0.15, 0.2) is 11.6 Å². The van der Waals surface area contributed by atoms with E-state index in [1.54, 1.807) is 33.4 Å². The van der Waals surface area contributed by atoms with Gasteiger partial charge in [-0.2, -0.15) is 13.2 Å². The largest absolute Gasteiger partial charge is 0.420 e. The summed E-state index contributed by atoms with van der Waals surface area (Å²) in [5.74, 6) is -3.86. The molecule has 0 spiro atoms. The first-order chi connectivity index (χ1) is 24.9. The summed E-state index contributed by atoms with van der Waals surface area (Å²) in [4.78, 5) is 0. The Kier molecular flexibility index (Phi) is 7.67. The van der Waals surface area contributed by atoms with E-state index in [9.17, 15) is 8.78 Å². The van der Waals surface area contributed by atoms with E-state index < -0.39 is 34.8 Å². The Morgan fingerprint density at radius 3 is 1.34 bits per heavy atom. The number of nitrogens with zero attached hydrogens (tertiary/aromatic N) is 2. The summed E-state index contributed by atoms with van der Waals surface area (Å²) in [6.45, 7) is 12.1. The number of hydrogen-bond acceptors (Lipinski definition) is 0. The van der Waals surface area contributed by atoms with Gasteiger partial charge in [0.25, 0.3) is 0 Å². The van der Waals surface area contributed by atoms with Crippen molar-refractivity contribution >= 4 is 43.6 Å². The van der Waals surface area contributed by atoms with Gasteiger partial charge in [-0.05, 0) is 70.0 Å². The number of halogens is 6. The molecular weight excluding hydrogens is 682 g/mol. The minimum atomic E-state index is -4.95. The molecule has 0 aliphatic heterocycles. The molecule has 2 nitrogen and oxygen atoms in total. The Balaban J connectivity index is 1.63. The highest BCUT2D eigenvalue weighted by molar-refractivity contribution is 6.11. The number of fused-ring (bicyclic) bond motifs is 6. The summed E-state index contributed by atoms with van der Waals surface area (Å²) >= 11 is 0. The maximum atomic E-state index is 16.2. The number of alkyl halides is 3. The number of benzene rings is 6. The molecule has 2 aromatic heterocycles. The smallest absolute Gasteiger partial charge is 0.309 e. The minimum Gasteiger partial charge on any atom is -0.309 e. The van der Waals surface area contributed by atoms with Crippen LogP contribution in [0.4, 0.5) is 26.3 Å². The van der Waals surface area contributed by atoms with Crippen LogP contribution in [0.1, 0.15) is 58.2 Å². The second-order valence-electron chi connectivity index (χ2n) is 15.8. The molecule has 0 saturated heterocycles. The maximum Gasteiger partial charge on any atom is 0.420 e. The molecule has 0 fully saturated rings. The molecule has 8 heteroatoms. The Bertz CT molecular complexity index is 2620. The molecule has 0 amide bonds. The van der Waals surface area contributed by atoms with Crippen LogP contribution in [0.5, 0.6) is 0 Å². The molecule has 6 aromatic carbocycles. The van der Waals surface area contributed by atoms with Crippen LogP contribution in [-0.2, 0) is 17.0 Å². The number of aromatic nitrogens is 2. The summed E-state index contributed by atoms with van der Waals surface area (Å²) in [6, 6.07) is 29.6. The number of rotatable bonds is 3. The van der Waals surface area contributed by atoms with Gasteiger partial charge in [-0.1, -0.05) is 102 Å². The monoisotopic (exact) mass is 718 g/mol. The molecule has 2 heterocycles. The Labute approximate surface area is 302 Å². The van der Waals surface area contributed by atoms with Crippen LogP contribution in [-0.4, -0.2) is 9.13 Å². The summed E-state index contributed by atoms with van der Waals surface area (Å²) in [7, 11) is 0. The predicted octanol–water partition coefficient (Wildman–Crippen LogP) is 13.6. The average Bonchev–Trinajstić information content (AvgIpc) is 3.60. The topological polar surface area (TPSA) is 9.86 Å².